The van der Waals surface area contributed by atoms with Crippen LogP contribution in [0, 0.1) is 10.7 Å². The predicted molar refractivity (Wildman–Crippen MR) is 81.6 cm³/mol. The summed E-state index contributed by atoms with van der Waals surface area (Å²) in [5.74, 6) is 0. The van der Waals surface area contributed by atoms with Gasteiger partial charge in [-0.2, -0.15) is 5.26 Å². The van der Waals surface area contributed by atoms with Crippen molar-refractivity contribution in [1.29, 1.82) is 5.26 Å². The quantitative estimate of drug-likeness (QED) is 0.519. The van der Waals surface area contributed by atoms with Crippen LogP contribution in [0.2, 0.25) is 0 Å². The molecular formula is C15H24N3S+. The number of pyridine rings is 1. The van der Waals surface area contributed by atoms with Crippen LogP contribution in [0.1, 0.15) is 44.2 Å². The van der Waals surface area contributed by atoms with E-state index in [1.165, 1.54) is 54.2 Å². The molecule has 0 radical (unpaired) electrons. The van der Waals surface area contributed by atoms with Gasteiger partial charge in [-0.15, -0.1) is 0 Å². The van der Waals surface area contributed by atoms with Crippen molar-refractivity contribution >= 4 is 12.6 Å². The van der Waals surface area contributed by atoms with Crippen molar-refractivity contribution in [3.8, 4) is 5.40 Å². The maximum absolute atomic E-state index is 7.18. The normalized spacial score (nSPS) is 25.3. The molecule has 4 heteroatoms. The second-order valence-corrected chi connectivity index (χ2v) is 5.52. The molecule has 2 rings (SSSR count). The first-order chi connectivity index (χ1) is 9.18. The second kappa shape index (κ2) is 8.19. The molecule has 1 fully saturated rings. The molecule has 0 saturated carbocycles. The highest BCUT2D eigenvalue weighted by Crippen LogP contribution is 2.37. The van der Waals surface area contributed by atoms with Gasteiger partial charge in [-0.1, -0.05) is 32.0 Å². The molecule has 19 heavy (non-hydrogen) atoms. The molecule has 1 aromatic heterocycles. The Morgan fingerprint density at radius 1 is 1.58 bits per heavy atom. The summed E-state index contributed by atoms with van der Waals surface area (Å²) in [5.41, 5.74) is 1.43. The molecule has 0 N–H and O–H groups in total. The number of thiol groups is 1. The largest absolute Gasteiger partial charge is 0.320 e. The molecule has 104 valence electrons. The second-order valence-electron chi connectivity index (χ2n) is 5.32. The lowest BCUT2D eigenvalue weighted by Gasteiger charge is -2.36. The zero-order valence-electron chi connectivity index (χ0n) is 11.9. The standard InChI is InChI=1S/C14H23N2.CHNS/c1-3-4-10-16(2)11-6-8-14(16)13-7-5-9-15-12-13;2-1-3/h5,7,9,12,14H,3-4,6,8,10-11H2,1-2H3;3H/q+1;. The van der Waals surface area contributed by atoms with E-state index in [0.717, 1.165) is 0 Å². The number of rotatable bonds is 4. The van der Waals surface area contributed by atoms with E-state index in [1.54, 1.807) is 0 Å². The molecule has 1 saturated heterocycles. The van der Waals surface area contributed by atoms with Crippen LogP contribution in [-0.4, -0.2) is 29.6 Å². The topological polar surface area (TPSA) is 36.7 Å². The number of unbranched alkanes of at least 4 members (excludes halogenated alkanes) is 1. The minimum Gasteiger partial charge on any atom is -0.320 e. The first-order valence-electron chi connectivity index (χ1n) is 6.95. The van der Waals surface area contributed by atoms with Crippen molar-refractivity contribution < 1.29 is 4.48 Å². The molecule has 3 nitrogen and oxygen atoms in total. The van der Waals surface area contributed by atoms with Gasteiger partial charge >= 0.3 is 0 Å². The number of aromatic nitrogens is 1. The SMILES string of the molecule is CCCC[N+]1(C)CCCC1c1cccnc1.N#CS. The van der Waals surface area contributed by atoms with E-state index in [-0.39, 0.29) is 0 Å². The van der Waals surface area contributed by atoms with Crippen LogP contribution < -0.4 is 0 Å². The zero-order valence-corrected chi connectivity index (χ0v) is 12.8. The van der Waals surface area contributed by atoms with Gasteiger partial charge in [0.2, 0.25) is 0 Å². The number of thiocyanates is 1. The third-order valence-corrected chi connectivity index (χ3v) is 3.99. The summed E-state index contributed by atoms with van der Waals surface area (Å²) in [4.78, 5) is 4.27. The number of hydrogen-bond donors (Lipinski definition) is 1. The summed E-state index contributed by atoms with van der Waals surface area (Å²) < 4.78 is 1.22. The summed E-state index contributed by atoms with van der Waals surface area (Å²) in [7, 11) is 2.42. The fourth-order valence-electron chi connectivity index (χ4n) is 3.00. The van der Waals surface area contributed by atoms with Crippen LogP contribution in [0.5, 0.6) is 0 Å². The number of nitrogens with zero attached hydrogens (tertiary/aromatic N) is 3. The van der Waals surface area contributed by atoms with Crippen LogP contribution >= 0.6 is 12.6 Å². The lowest BCUT2D eigenvalue weighted by atomic mass is 10.1. The van der Waals surface area contributed by atoms with Gasteiger partial charge in [0.05, 0.1) is 20.1 Å². The summed E-state index contributed by atoms with van der Waals surface area (Å²) in [6.07, 6.45) is 9.25. The zero-order chi connectivity index (χ0) is 14.1. The van der Waals surface area contributed by atoms with Crippen LogP contribution in [-0.2, 0) is 0 Å². The molecular weight excluding hydrogens is 254 g/mol. The molecule has 0 bridgehead atoms. The first kappa shape index (κ1) is 16.0. The summed E-state index contributed by atoms with van der Waals surface area (Å²) in [6, 6.07) is 4.99. The Morgan fingerprint density at radius 2 is 2.32 bits per heavy atom. The Morgan fingerprint density at radius 3 is 2.89 bits per heavy atom. The van der Waals surface area contributed by atoms with Gasteiger partial charge in [-0.25, -0.2) is 0 Å². The molecule has 1 aliphatic heterocycles. The van der Waals surface area contributed by atoms with Crippen molar-refractivity contribution in [3.05, 3.63) is 30.1 Å². The average molecular weight is 278 g/mol. The first-order valence-corrected chi connectivity index (χ1v) is 7.40. The van der Waals surface area contributed by atoms with E-state index in [1.807, 2.05) is 6.20 Å². The molecule has 0 spiro atoms. The molecule has 0 amide bonds. The lowest BCUT2D eigenvalue weighted by molar-refractivity contribution is -0.927. The Kier molecular flexibility index (Phi) is 6.90. The summed E-state index contributed by atoms with van der Waals surface area (Å²) in [5, 5.41) is 8.63. The van der Waals surface area contributed by atoms with Crippen LogP contribution in [0.3, 0.4) is 0 Å². The van der Waals surface area contributed by atoms with Crippen LogP contribution in [0.15, 0.2) is 24.5 Å². The number of nitriles is 1. The fourth-order valence-corrected chi connectivity index (χ4v) is 3.00. The number of likely N-dealkylation sites (tertiary alicyclic amines) is 1. The average Bonchev–Trinajstić information content (AvgIpc) is 2.81. The fraction of sp³-hybridized carbons (Fsp3) is 0.600. The third kappa shape index (κ3) is 4.52. The molecule has 2 atom stereocenters. The maximum atomic E-state index is 7.18. The van der Waals surface area contributed by atoms with Crippen molar-refractivity contribution in [2.45, 2.75) is 38.6 Å². The monoisotopic (exact) mass is 278 g/mol. The van der Waals surface area contributed by atoms with E-state index in [2.05, 4.69) is 49.9 Å². The lowest BCUT2D eigenvalue weighted by Crippen LogP contribution is -2.43. The smallest absolute Gasteiger partial charge is 0.130 e. The molecule has 0 aromatic carbocycles. The predicted octanol–water partition coefficient (Wildman–Crippen LogP) is 3.56. The van der Waals surface area contributed by atoms with Gasteiger partial charge in [0.15, 0.2) is 0 Å². The van der Waals surface area contributed by atoms with Crippen LogP contribution in [0.25, 0.3) is 0 Å². The highest BCUT2D eigenvalue weighted by molar-refractivity contribution is 7.85. The van der Waals surface area contributed by atoms with Gasteiger partial charge in [-0.05, 0) is 12.5 Å². The Bertz CT molecular complexity index is 402. The van der Waals surface area contributed by atoms with E-state index < -0.39 is 0 Å². The Labute approximate surface area is 122 Å². The van der Waals surface area contributed by atoms with E-state index in [4.69, 9.17) is 5.26 Å². The van der Waals surface area contributed by atoms with Crippen molar-refractivity contribution in [3.63, 3.8) is 0 Å². The van der Waals surface area contributed by atoms with E-state index in [0.29, 0.717) is 6.04 Å². The van der Waals surface area contributed by atoms with E-state index >= 15 is 0 Å². The molecule has 1 aliphatic rings. The van der Waals surface area contributed by atoms with Gasteiger partial charge in [-0.3, -0.25) is 4.98 Å². The van der Waals surface area contributed by atoms with Crippen molar-refractivity contribution in [2.75, 3.05) is 20.1 Å². The highest BCUT2D eigenvalue weighted by atomic mass is 32.1. The van der Waals surface area contributed by atoms with E-state index in [9.17, 15) is 0 Å². The Balaban J connectivity index is 0.000000550. The number of hydrogen-bond acceptors (Lipinski definition) is 3. The van der Waals surface area contributed by atoms with Gasteiger partial charge in [0.25, 0.3) is 0 Å². The molecule has 2 heterocycles. The van der Waals surface area contributed by atoms with Crippen molar-refractivity contribution in [2.24, 2.45) is 0 Å². The maximum Gasteiger partial charge on any atom is 0.130 e. The van der Waals surface area contributed by atoms with Crippen LogP contribution in [0.4, 0.5) is 0 Å². The summed E-state index contributed by atoms with van der Waals surface area (Å²) >= 11 is 3.09. The molecule has 1 aromatic rings. The van der Waals surface area contributed by atoms with Gasteiger partial charge in [0.1, 0.15) is 11.4 Å². The molecule has 2 unspecified atom stereocenters. The minimum absolute atomic E-state index is 0.681. The third-order valence-electron chi connectivity index (χ3n) is 3.99. The highest BCUT2D eigenvalue weighted by Gasteiger charge is 2.38. The van der Waals surface area contributed by atoms with Gasteiger partial charge < -0.3 is 4.48 Å². The van der Waals surface area contributed by atoms with Gasteiger partial charge in [0, 0.05) is 30.8 Å². The summed E-state index contributed by atoms with van der Waals surface area (Å²) in [6.45, 7) is 4.93. The molecule has 0 aliphatic carbocycles. The Hall–Kier alpha value is -1.05. The van der Waals surface area contributed by atoms with Crippen molar-refractivity contribution in [1.82, 2.24) is 4.98 Å². The number of quaternary nitrogens is 1. The minimum atomic E-state index is 0.681.